The van der Waals surface area contributed by atoms with E-state index in [4.69, 9.17) is 4.74 Å². The number of aromatic carboxylic acids is 1. The van der Waals surface area contributed by atoms with E-state index in [-0.39, 0.29) is 35.1 Å². The molecule has 2 fully saturated rings. The molecule has 0 spiro atoms. The topological polar surface area (TPSA) is 94.1 Å². The number of carbonyl (C=O) groups is 2. The van der Waals surface area contributed by atoms with Gasteiger partial charge in [0.1, 0.15) is 0 Å². The summed E-state index contributed by atoms with van der Waals surface area (Å²) in [5.41, 5.74) is 1.64. The number of ether oxygens (including phenoxy) is 3. The predicted molar refractivity (Wildman–Crippen MR) is 112 cm³/mol. The molecule has 5 rings (SSSR count). The van der Waals surface area contributed by atoms with Crippen LogP contribution in [0.15, 0.2) is 36.4 Å². The molecule has 1 amide bonds. The number of hydrogen-bond acceptors (Lipinski definition) is 5. The van der Waals surface area contributed by atoms with Gasteiger partial charge in [-0.2, -0.15) is 0 Å². The van der Waals surface area contributed by atoms with E-state index in [9.17, 15) is 23.5 Å². The molecule has 2 N–H and O–H groups in total. The molecule has 33 heavy (non-hydrogen) atoms. The molecule has 1 aliphatic carbocycles. The molecule has 2 aliphatic heterocycles. The fourth-order valence-electron chi connectivity index (χ4n) is 4.63. The molecule has 1 saturated carbocycles. The summed E-state index contributed by atoms with van der Waals surface area (Å²) in [5, 5.41) is 12.3. The molecule has 0 aromatic heterocycles. The minimum atomic E-state index is -3.70. The van der Waals surface area contributed by atoms with E-state index in [0.717, 1.165) is 5.56 Å². The van der Waals surface area contributed by atoms with E-state index in [1.807, 2.05) is 6.07 Å². The average Bonchev–Trinajstić information content (AvgIpc) is 3.50. The van der Waals surface area contributed by atoms with Gasteiger partial charge in [-0.15, -0.1) is 8.78 Å². The Bertz CT molecular complexity index is 1130. The number of hydrogen-bond donors (Lipinski definition) is 2. The van der Waals surface area contributed by atoms with Gasteiger partial charge in [0.2, 0.25) is 5.91 Å². The first kappa shape index (κ1) is 21.6. The summed E-state index contributed by atoms with van der Waals surface area (Å²) < 4.78 is 41.6. The van der Waals surface area contributed by atoms with E-state index >= 15 is 0 Å². The van der Waals surface area contributed by atoms with Gasteiger partial charge in [-0.05, 0) is 67.5 Å². The molecule has 0 radical (unpaired) electrons. The number of halogens is 2. The Morgan fingerprint density at radius 2 is 1.85 bits per heavy atom. The highest BCUT2D eigenvalue weighted by Crippen LogP contribution is 2.52. The molecule has 9 heteroatoms. The molecular weight excluding hydrogens is 436 g/mol. The van der Waals surface area contributed by atoms with Crippen LogP contribution in [-0.2, 0) is 14.9 Å². The van der Waals surface area contributed by atoms with Crippen molar-refractivity contribution in [2.24, 2.45) is 0 Å². The number of carboxylic acid groups (broad SMARTS) is 1. The fraction of sp³-hybridized carbons (Fsp3) is 0.417. The van der Waals surface area contributed by atoms with Crippen molar-refractivity contribution in [2.45, 2.75) is 56.5 Å². The Labute approximate surface area is 188 Å². The van der Waals surface area contributed by atoms with E-state index in [1.54, 1.807) is 25.1 Å². The highest BCUT2D eigenvalue weighted by Gasteiger charge is 2.53. The summed E-state index contributed by atoms with van der Waals surface area (Å²) in [6, 6.07) is 9.51. The van der Waals surface area contributed by atoms with Crippen LogP contribution in [0.25, 0.3) is 0 Å². The maximum absolute atomic E-state index is 13.3. The van der Waals surface area contributed by atoms with Gasteiger partial charge in [-0.25, -0.2) is 4.79 Å². The Morgan fingerprint density at radius 3 is 2.55 bits per heavy atom. The third-order valence-electron chi connectivity index (χ3n) is 6.61. The first-order chi connectivity index (χ1) is 15.7. The lowest BCUT2D eigenvalue weighted by atomic mass is 9.92. The van der Waals surface area contributed by atoms with Crippen molar-refractivity contribution in [3.8, 4) is 11.5 Å². The third-order valence-corrected chi connectivity index (χ3v) is 6.61. The molecule has 2 aromatic carbocycles. The van der Waals surface area contributed by atoms with Gasteiger partial charge in [0.15, 0.2) is 11.5 Å². The summed E-state index contributed by atoms with van der Waals surface area (Å²) in [7, 11) is 0. The molecule has 2 atom stereocenters. The van der Waals surface area contributed by atoms with Crippen molar-refractivity contribution in [3.63, 3.8) is 0 Å². The number of amides is 1. The molecule has 2 heterocycles. The van der Waals surface area contributed by atoms with Gasteiger partial charge < -0.3 is 24.6 Å². The van der Waals surface area contributed by atoms with Crippen LogP contribution in [0.5, 0.6) is 11.5 Å². The van der Waals surface area contributed by atoms with Crippen LogP contribution >= 0.6 is 0 Å². The summed E-state index contributed by atoms with van der Waals surface area (Å²) in [6.07, 6.45) is -1.50. The lowest BCUT2D eigenvalue weighted by Gasteiger charge is -2.32. The van der Waals surface area contributed by atoms with Crippen molar-refractivity contribution in [1.29, 1.82) is 0 Å². The Kier molecular flexibility index (Phi) is 5.04. The first-order valence-electron chi connectivity index (χ1n) is 10.8. The number of carboxylic acids is 1. The number of carbonyl (C=O) groups excluding carboxylic acids is 1. The second kappa shape index (κ2) is 7.69. The molecule has 3 aliphatic rings. The van der Waals surface area contributed by atoms with Gasteiger partial charge in [0.05, 0.1) is 17.1 Å². The summed E-state index contributed by atoms with van der Waals surface area (Å²) in [4.78, 5) is 24.5. The number of benzene rings is 2. The summed E-state index contributed by atoms with van der Waals surface area (Å²) in [6.45, 7) is 2.20. The zero-order chi connectivity index (χ0) is 23.4. The second-order valence-electron chi connectivity index (χ2n) is 8.84. The van der Waals surface area contributed by atoms with E-state index in [0.29, 0.717) is 43.4 Å². The zero-order valence-corrected chi connectivity index (χ0v) is 17.9. The lowest BCUT2D eigenvalue weighted by molar-refractivity contribution is -0.286. The summed E-state index contributed by atoms with van der Waals surface area (Å²) >= 11 is 0. The zero-order valence-electron chi connectivity index (χ0n) is 17.9. The number of nitrogens with one attached hydrogen (secondary N) is 1. The maximum Gasteiger partial charge on any atom is 0.586 e. The largest absolute Gasteiger partial charge is 0.586 e. The van der Waals surface area contributed by atoms with Crippen LogP contribution in [0.4, 0.5) is 8.78 Å². The number of rotatable bonds is 5. The fourth-order valence-corrected chi connectivity index (χ4v) is 4.63. The van der Waals surface area contributed by atoms with Crippen molar-refractivity contribution in [2.75, 3.05) is 6.61 Å². The van der Waals surface area contributed by atoms with Gasteiger partial charge >= 0.3 is 12.3 Å². The second-order valence-corrected chi connectivity index (χ2v) is 8.84. The van der Waals surface area contributed by atoms with Crippen molar-refractivity contribution < 1.29 is 37.7 Å². The molecule has 0 unspecified atom stereocenters. The first-order valence-corrected chi connectivity index (χ1v) is 10.8. The van der Waals surface area contributed by atoms with E-state index < -0.39 is 17.7 Å². The Morgan fingerprint density at radius 1 is 1.09 bits per heavy atom. The van der Waals surface area contributed by atoms with Crippen molar-refractivity contribution >= 4 is 11.9 Å². The maximum atomic E-state index is 13.3. The molecular formula is C24H23F2NO6. The normalized spacial score (nSPS) is 24.2. The molecule has 2 aromatic rings. The van der Waals surface area contributed by atoms with Crippen molar-refractivity contribution in [3.05, 3.63) is 58.7 Å². The smallest absolute Gasteiger partial charge is 0.478 e. The average molecular weight is 459 g/mol. The van der Waals surface area contributed by atoms with E-state index in [2.05, 4.69) is 14.8 Å². The minimum Gasteiger partial charge on any atom is -0.478 e. The molecule has 7 nitrogen and oxygen atoms in total. The van der Waals surface area contributed by atoms with Crippen LogP contribution in [0.3, 0.4) is 0 Å². The lowest BCUT2D eigenvalue weighted by Crippen LogP contribution is -2.44. The van der Waals surface area contributed by atoms with Crippen LogP contribution in [0, 0.1) is 6.92 Å². The molecule has 174 valence electrons. The number of fused-ring (bicyclic) bond motifs is 1. The van der Waals surface area contributed by atoms with Crippen LogP contribution in [0.1, 0.15) is 58.8 Å². The van der Waals surface area contributed by atoms with Gasteiger partial charge in [0.25, 0.3) is 0 Å². The quantitative estimate of drug-likeness (QED) is 0.700. The monoisotopic (exact) mass is 459 g/mol. The SMILES string of the molecule is Cc1cc([C@H]2C[C@@H](NC(=O)C3(c4ccc5c(c4)OC(F)(F)O5)CC3)CCO2)ccc1C(=O)O. The molecule has 1 saturated heterocycles. The minimum absolute atomic E-state index is 0.0450. The Balaban J connectivity index is 1.28. The summed E-state index contributed by atoms with van der Waals surface area (Å²) in [5.74, 6) is -1.23. The Hall–Kier alpha value is -3.20. The standard InChI is InChI=1S/C24H23F2NO6/c1-13-10-14(2-4-17(13)21(28)29)19-12-16(6-9-31-19)27-22(30)23(7-8-23)15-3-5-18-20(11-15)33-24(25,26)32-18/h2-5,10-11,16,19H,6-9,12H2,1H3,(H,27,30)(H,28,29)/t16-,19+/m0/s1. The van der Waals surface area contributed by atoms with Crippen LogP contribution in [-0.4, -0.2) is 35.9 Å². The number of aryl methyl sites for hydroxylation is 1. The van der Waals surface area contributed by atoms with Gasteiger partial charge in [0, 0.05) is 12.6 Å². The van der Waals surface area contributed by atoms with Crippen LogP contribution in [0.2, 0.25) is 0 Å². The highest BCUT2D eigenvalue weighted by molar-refractivity contribution is 5.92. The van der Waals surface area contributed by atoms with E-state index in [1.165, 1.54) is 12.1 Å². The van der Waals surface area contributed by atoms with Crippen molar-refractivity contribution in [1.82, 2.24) is 5.32 Å². The predicted octanol–water partition coefficient (Wildman–Crippen LogP) is 4.08. The van der Waals surface area contributed by atoms with Gasteiger partial charge in [-0.1, -0.05) is 18.2 Å². The number of alkyl halides is 2. The van der Waals surface area contributed by atoms with Gasteiger partial charge in [-0.3, -0.25) is 4.79 Å². The third kappa shape index (κ3) is 4.01. The molecule has 0 bridgehead atoms. The highest BCUT2D eigenvalue weighted by atomic mass is 19.3. The van der Waals surface area contributed by atoms with Crippen LogP contribution < -0.4 is 14.8 Å².